The van der Waals surface area contributed by atoms with E-state index in [2.05, 4.69) is 19.2 Å². The van der Waals surface area contributed by atoms with Crippen molar-refractivity contribution in [1.29, 1.82) is 0 Å². The van der Waals surface area contributed by atoms with E-state index in [-0.39, 0.29) is 18.4 Å². The Morgan fingerprint density at radius 1 is 1.33 bits per heavy atom. The minimum Gasteiger partial charge on any atom is -0.380 e. The number of amides is 2. The van der Waals surface area contributed by atoms with Crippen LogP contribution in [0.25, 0.3) is 0 Å². The number of nitrogens with one attached hydrogen (secondary N) is 1. The normalized spacial score (nSPS) is 19.3. The first-order valence-electron chi connectivity index (χ1n) is 6.51. The minimum atomic E-state index is -0.798. The Hall–Kier alpha value is -1.10. The lowest BCUT2D eigenvalue weighted by molar-refractivity contribution is -0.149. The molecule has 5 nitrogen and oxygen atoms in total. The molecule has 1 N–H and O–H groups in total. The number of nitrogens with zero attached hydrogens (tertiary/aromatic N) is 1. The summed E-state index contributed by atoms with van der Waals surface area (Å²) in [5, 5.41) is 2.68. The molecule has 1 aliphatic heterocycles. The van der Waals surface area contributed by atoms with Gasteiger partial charge < -0.3 is 15.0 Å². The summed E-state index contributed by atoms with van der Waals surface area (Å²) in [5.74, 6) is 0.461. The lowest BCUT2D eigenvalue weighted by atomic mass is 10.0. The number of ether oxygens (including phenoxy) is 1. The van der Waals surface area contributed by atoms with Crippen molar-refractivity contribution < 1.29 is 14.3 Å². The lowest BCUT2D eigenvalue weighted by Crippen LogP contribution is -2.64. The van der Waals surface area contributed by atoms with E-state index < -0.39 is 5.54 Å². The Morgan fingerprint density at radius 2 is 2.00 bits per heavy atom. The van der Waals surface area contributed by atoms with Gasteiger partial charge in [0, 0.05) is 13.2 Å². The lowest BCUT2D eigenvalue weighted by Gasteiger charge is -2.37. The molecule has 1 saturated heterocycles. The molecule has 1 aliphatic rings. The van der Waals surface area contributed by atoms with Crippen LogP contribution in [0.3, 0.4) is 0 Å². The van der Waals surface area contributed by atoms with Crippen molar-refractivity contribution in [2.45, 2.75) is 39.7 Å². The van der Waals surface area contributed by atoms with Crippen molar-refractivity contribution in [3.8, 4) is 0 Å². The zero-order valence-electron chi connectivity index (χ0n) is 11.8. The molecule has 0 bridgehead atoms. The molecule has 0 aromatic carbocycles. The maximum absolute atomic E-state index is 12.0. The van der Waals surface area contributed by atoms with Crippen molar-refractivity contribution in [2.75, 3.05) is 26.3 Å². The molecular formula is C13H24N2O3. The quantitative estimate of drug-likeness (QED) is 0.715. The van der Waals surface area contributed by atoms with Crippen LogP contribution >= 0.6 is 0 Å². The third-order valence-corrected chi connectivity index (χ3v) is 2.95. The fourth-order valence-electron chi connectivity index (χ4n) is 1.86. The number of hydrogen-bond acceptors (Lipinski definition) is 3. The molecule has 0 atom stereocenters. The molecular weight excluding hydrogens is 232 g/mol. The van der Waals surface area contributed by atoms with Crippen LogP contribution in [0.15, 0.2) is 0 Å². The molecule has 0 aliphatic carbocycles. The third-order valence-electron chi connectivity index (χ3n) is 2.95. The summed E-state index contributed by atoms with van der Waals surface area (Å²) in [4.78, 5) is 25.1. The van der Waals surface area contributed by atoms with Crippen LogP contribution in [0.2, 0.25) is 0 Å². The maximum Gasteiger partial charge on any atom is 0.248 e. The van der Waals surface area contributed by atoms with E-state index >= 15 is 0 Å². The number of carbonyl (C=O) groups is 2. The van der Waals surface area contributed by atoms with Crippen LogP contribution in [0.4, 0.5) is 0 Å². The first kappa shape index (κ1) is 15.0. The maximum atomic E-state index is 12.0. The van der Waals surface area contributed by atoms with Crippen LogP contribution in [0, 0.1) is 5.92 Å². The van der Waals surface area contributed by atoms with Gasteiger partial charge in [-0.3, -0.25) is 9.59 Å². The predicted molar refractivity (Wildman–Crippen MR) is 69.1 cm³/mol. The second kappa shape index (κ2) is 6.18. The fourth-order valence-corrected chi connectivity index (χ4v) is 1.86. The highest BCUT2D eigenvalue weighted by Crippen LogP contribution is 2.12. The summed E-state index contributed by atoms with van der Waals surface area (Å²) in [6, 6.07) is 0. The molecule has 2 amide bonds. The van der Waals surface area contributed by atoms with E-state index in [4.69, 9.17) is 4.74 Å². The molecule has 0 aromatic heterocycles. The molecule has 1 heterocycles. The van der Waals surface area contributed by atoms with Crippen molar-refractivity contribution >= 4 is 11.8 Å². The molecule has 0 spiro atoms. The van der Waals surface area contributed by atoms with E-state index in [1.54, 1.807) is 18.7 Å². The smallest absolute Gasteiger partial charge is 0.248 e. The molecule has 104 valence electrons. The van der Waals surface area contributed by atoms with Gasteiger partial charge in [-0.25, -0.2) is 0 Å². The van der Waals surface area contributed by atoms with Gasteiger partial charge in [-0.1, -0.05) is 13.8 Å². The predicted octanol–water partition coefficient (Wildman–Crippen LogP) is 0.786. The number of hydrogen-bond donors (Lipinski definition) is 1. The second-order valence-corrected chi connectivity index (χ2v) is 5.69. The average molecular weight is 256 g/mol. The first-order valence-corrected chi connectivity index (χ1v) is 6.51. The van der Waals surface area contributed by atoms with Crippen molar-refractivity contribution in [3.63, 3.8) is 0 Å². The largest absolute Gasteiger partial charge is 0.380 e. The van der Waals surface area contributed by atoms with Gasteiger partial charge in [0.25, 0.3) is 0 Å². The van der Waals surface area contributed by atoms with Crippen molar-refractivity contribution in [2.24, 2.45) is 5.92 Å². The van der Waals surface area contributed by atoms with E-state index in [1.165, 1.54) is 0 Å². The standard InChI is InChI=1S/C13H24N2O3/c1-10(2)5-7-18-8-6-15-9-11(16)14-13(3,4)12(15)17/h10H,5-9H2,1-4H3,(H,14,16). The Morgan fingerprint density at radius 3 is 2.61 bits per heavy atom. The first-order chi connectivity index (χ1) is 8.33. The van der Waals surface area contributed by atoms with Gasteiger partial charge >= 0.3 is 0 Å². The highest BCUT2D eigenvalue weighted by Gasteiger charge is 2.38. The summed E-state index contributed by atoms with van der Waals surface area (Å²) in [5.41, 5.74) is -0.798. The van der Waals surface area contributed by atoms with E-state index in [0.717, 1.165) is 6.42 Å². The molecule has 0 unspecified atom stereocenters. The molecule has 0 aromatic rings. The number of rotatable bonds is 6. The van der Waals surface area contributed by atoms with Crippen LogP contribution in [-0.4, -0.2) is 48.6 Å². The fraction of sp³-hybridized carbons (Fsp3) is 0.846. The van der Waals surface area contributed by atoms with Crippen molar-refractivity contribution in [3.05, 3.63) is 0 Å². The summed E-state index contributed by atoms with van der Waals surface area (Å²) in [6.07, 6.45) is 1.01. The minimum absolute atomic E-state index is 0.0467. The molecule has 1 rings (SSSR count). The highest BCUT2D eigenvalue weighted by molar-refractivity contribution is 5.97. The Bertz CT molecular complexity index is 313. The summed E-state index contributed by atoms with van der Waals surface area (Å²) < 4.78 is 5.47. The van der Waals surface area contributed by atoms with Gasteiger partial charge in [-0.05, 0) is 26.2 Å². The summed E-state index contributed by atoms with van der Waals surface area (Å²) in [6.45, 7) is 9.54. The van der Waals surface area contributed by atoms with Crippen LogP contribution < -0.4 is 5.32 Å². The topological polar surface area (TPSA) is 58.6 Å². The van der Waals surface area contributed by atoms with Gasteiger partial charge in [0.05, 0.1) is 13.2 Å². The second-order valence-electron chi connectivity index (χ2n) is 5.69. The molecule has 5 heteroatoms. The van der Waals surface area contributed by atoms with Gasteiger partial charge in [0.15, 0.2) is 0 Å². The van der Waals surface area contributed by atoms with Gasteiger partial charge in [0.1, 0.15) is 5.54 Å². The highest BCUT2D eigenvalue weighted by atomic mass is 16.5. The summed E-state index contributed by atoms with van der Waals surface area (Å²) in [7, 11) is 0. The average Bonchev–Trinajstić information content (AvgIpc) is 2.23. The third kappa shape index (κ3) is 4.29. The molecule has 18 heavy (non-hydrogen) atoms. The Kier molecular flexibility index (Phi) is 5.14. The van der Waals surface area contributed by atoms with E-state index in [0.29, 0.717) is 25.7 Å². The Balaban J connectivity index is 2.33. The van der Waals surface area contributed by atoms with Crippen LogP contribution in [0.5, 0.6) is 0 Å². The van der Waals surface area contributed by atoms with Gasteiger partial charge in [0.2, 0.25) is 11.8 Å². The summed E-state index contributed by atoms with van der Waals surface area (Å²) >= 11 is 0. The van der Waals surface area contributed by atoms with Crippen molar-refractivity contribution in [1.82, 2.24) is 10.2 Å². The number of piperazine rings is 1. The van der Waals surface area contributed by atoms with E-state index in [1.807, 2.05) is 0 Å². The number of carbonyl (C=O) groups excluding carboxylic acids is 2. The molecule has 0 radical (unpaired) electrons. The van der Waals surface area contributed by atoms with Gasteiger partial charge in [-0.2, -0.15) is 0 Å². The zero-order chi connectivity index (χ0) is 13.8. The SMILES string of the molecule is CC(C)CCOCCN1CC(=O)NC(C)(C)C1=O. The molecule has 0 saturated carbocycles. The van der Waals surface area contributed by atoms with Crippen LogP contribution in [0.1, 0.15) is 34.1 Å². The van der Waals surface area contributed by atoms with Crippen LogP contribution in [-0.2, 0) is 14.3 Å². The van der Waals surface area contributed by atoms with E-state index in [9.17, 15) is 9.59 Å². The zero-order valence-corrected chi connectivity index (χ0v) is 11.8. The monoisotopic (exact) mass is 256 g/mol. The van der Waals surface area contributed by atoms with Gasteiger partial charge in [-0.15, -0.1) is 0 Å². The Labute approximate surface area is 109 Å². The molecule has 1 fully saturated rings.